The number of methoxy groups -OCH3 is 1. The van der Waals surface area contributed by atoms with Crippen LogP contribution in [-0.2, 0) is 31.3 Å². The molecule has 0 unspecified atom stereocenters. The second-order valence-electron chi connectivity index (χ2n) is 10.0. The van der Waals surface area contributed by atoms with Crippen molar-refractivity contribution in [3.05, 3.63) is 72.0 Å². The van der Waals surface area contributed by atoms with Crippen LogP contribution in [0.4, 0.5) is 11.4 Å². The molecule has 1 aliphatic carbocycles. The lowest BCUT2D eigenvalue weighted by molar-refractivity contribution is 0.0559. The zero-order valence-corrected chi connectivity index (χ0v) is 24.2. The van der Waals surface area contributed by atoms with Crippen LogP contribution >= 0.6 is 0 Å². The number of sulfonamides is 2. The Morgan fingerprint density at radius 3 is 2.33 bits per heavy atom. The molecule has 40 heavy (non-hydrogen) atoms. The Kier molecular flexibility index (Phi) is 9.54. The van der Waals surface area contributed by atoms with Gasteiger partial charge in [0.2, 0.25) is 10.9 Å². The fourth-order valence-electron chi connectivity index (χ4n) is 4.85. The molecule has 4 rings (SSSR count). The molecule has 0 amide bonds. The SMILES string of the molecule is COC(=O)c1ccc(S(=O)(=O)Nc2ccc(S(=O)(=O)Nc3ccccc3CN[C@@H](C)CC3CCCCC3)cc2)o1. The molecule has 0 radical (unpaired) electrons. The van der Waals surface area contributed by atoms with E-state index in [1.807, 2.05) is 12.1 Å². The van der Waals surface area contributed by atoms with Crippen molar-refractivity contribution in [3.8, 4) is 0 Å². The summed E-state index contributed by atoms with van der Waals surface area (Å²) in [5.41, 5.74) is 1.42. The molecule has 2 aromatic carbocycles. The second-order valence-corrected chi connectivity index (χ2v) is 13.3. The molecule has 3 N–H and O–H groups in total. The van der Waals surface area contributed by atoms with Gasteiger partial charge in [0.15, 0.2) is 0 Å². The van der Waals surface area contributed by atoms with Gasteiger partial charge in [-0.05, 0) is 67.3 Å². The molecule has 12 heteroatoms. The van der Waals surface area contributed by atoms with Crippen molar-refractivity contribution in [3.63, 3.8) is 0 Å². The van der Waals surface area contributed by atoms with Crippen molar-refractivity contribution < 1.29 is 30.8 Å². The average Bonchev–Trinajstić information content (AvgIpc) is 3.44. The third-order valence-electron chi connectivity index (χ3n) is 6.96. The van der Waals surface area contributed by atoms with Gasteiger partial charge >= 0.3 is 5.97 Å². The molecular formula is C28H35N3O7S2. The quantitative estimate of drug-likeness (QED) is 0.247. The number of nitrogens with one attached hydrogen (secondary N) is 3. The Morgan fingerprint density at radius 1 is 0.925 bits per heavy atom. The lowest BCUT2D eigenvalue weighted by Gasteiger charge is -2.25. The Balaban J connectivity index is 1.39. The molecule has 0 bridgehead atoms. The number of benzene rings is 2. The number of para-hydroxylation sites is 1. The lowest BCUT2D eigenvalue weighted by Crippen LogP contribution is -2.29. The highest BCUT2D eigenvalue weighted by molar-refractivity contribution is 7.93. The van der Waals surface area contributed by atoms with Crippen LogP contribution in [0.15, 0.2) is 75.1 Å². The van der Waals surface area contributed by atoms with E-state index in [1.165, 1.54) is 62.4 Å². The third-order valence-corrected chi connectivity index (χ3v) is 9.60. The summed E-state index contributed by atoms with van der Waals surface area (Å²) >= 11 is 0. The van der Waals surface area contributed by atoms with Gasteiger partial charge in [-0.1, -0.05) is 50.3 Å². The molecule has 1 saturated carbocycles. The average molecular weight is 590 g/mol. The van der Waals surface area contributed by atoms with Gasteiger partial charge in [-0.3, -0.25) is 9.44 Å². The minimum Gasteiger partial charge on any atom is -0.463 e. The third kappa shape index (κ3) is 7.64. The fourth-order valence-corrected chi connectivity index (χ4v) is 6.95. The Bertz CT molecular complexity index is 1510. The maximum Gasteiger partial charge on any atom is 0.374 e. The van der Waals surface area contributed by atoms with Crippen LogP contribution in [0.3, 0.4) is 0 Å². The number of esters is 1. The highest BCUT2D eigenvalue weighted by Crippen LogP contribution is 2.28. The zero-order chi connectivity index (χ0) is 28.8. The van der Waals surface area contributed by atoms with Crippen LogP contribution < -0.4 is 14.8 Å². The highest BCUT2D eigenvalue weighted by atomic mass is 32.2. The van der Waals surface area contributed by atoms with Crippen molar-refractivity contribution in [2.45, 2.75) is 68.0 Å². The van der Waals surface area contributed by atoms with Gasteiger partial charge in [0.25, 0.3) is 20.0 Å². The second kappa shape index (κ2) is 12.9. The molecule has 0 aliphatic heterocycles. The number of furan rings is 1. The van der Waals surface area contributed by atoms with E-state index in [4.69, 9.17) is 4.42 Å². The van der Waals surface area contributed by atoms with E-state index in [-0.39, 0.29) is 16.3 Å². The summed E-state index contributed by atoms with van der Waals surface area (Å²) in [7, 11) is -6.95. The summed E-state index contributed by atoms with van der Waals surface area (Å²) in [6, 6.07) is 15.1. The molecular weight excluding hydrogens is 554 g/mol. The number of hydrogen-bond donors (Lipinski definition) is 3. The van der Waals surface area contributed by atoms with Crippen LogP contribution in [0.5, 0.6) is 0 Å². The topological polar surface area (TPSA) is 144 Å². The Morgan fingerprint density at radius 2 is 1.62 bits per heavy atom. The number of ether oxygens (including phenoxy) is 1. The van der Waals surface area contributed by atoms with Crippen LogP contribution in [0, 0.1) is 5.92 Å². The molecule has 0 saturated heterocycles. The Labute approximate surface area is 235 Å². The van der Waals surface area contributed by atoms with E-state index in [1.54, 1.807) is 12.1 Å². The maximum atomic E-state index is 13.1. The molecule has 3 aromatic rings. The molecule has 0 spiro atoms. The predicted molar refractivity (Wildman–Crippen MR) is 152 cm³/mol. The van der Waals surface area contributed by atoms with Gasteiger partial charge in [-0.15, -0.1) is 0 Å². The summed E-state index contributed by atoms with van der Waals surface area (Å²) in [5.74, 6) is -0.326. The first-order valence-corrected chi connectivity index (χ1v) is 16.2. The molecule has 1 atom stereocenters. The van der Waals surface area contributed by atoms with E-state index < -0.39 is 31.1 Å². The van der Waals surface area contributed by atoms with Crippen LogP contribution in [0.2, 0.25) is 0 Å². The molecule has 1 heterocycles. The number of carbonyl (C=O) groups is 1. The first-order valence-electron chi connectivity index (χ1n) is 13.2. The van der Waals surface area contributed by atoms with Gasteiger partial charge in [-0.2, -0.15) is 8.42 Å². The first-order chi connectivity index (χ1) is 19.1. The Hall–Kier alpha value is -3.35. The van der Waals surface area contributed by atoms with E-state index in [2.05, 4.69) is 26.4 Å². The number of anilines is 2. The predicted octanol–water partition coefficient (Wildman–Crippen LogP) is 5.12. The van der Waals surface area contributed by atoms with Gasteiger partial charge in [-0.25, -0.2) is 13.2 Å². The monoisotopic (exact) mass is 589 g/mol. The van der Waals surface area contributed by atoms with Gasteiger partial charge in [0.1, 0.15) is 0 Å². The van der Waals surface area contributed by atoms with E-state index >= 15 is 0 Å². The minimum absolute atomic E-state index is 0.0325. The van der Waals surface area contributed by atoms with E-state index in [0.29, 0.717) is 18.3 Å². The molecule has 1 fully saturated rings. The van der Waals surface area contributed by atoms with Crippen molar-refractivity contribution in [1.82, 2.24) is 5.32 Å². The number of carbonyl (C=O) groups excluding carboxylic acids is 1. The standard InChI is InChI=1S/C28H35N3O7S2/c1-20(18-21-8-4-3-5-9-21)29-19-22-10-6-7-11-25(22)31-39(33,34)24-14-12-23(13-15-24)30-40(35,36)27-17-16-26(38-27)28(32)37-2/h6-7,10-17,20-21,29-31H,3-5,8-9,18-19H2,1-2H3/t20-/m0/s1. The van der Waals surface area contributed by atoms with Crippen LogP contribution in [0.25, 0.3) is 0 Å². The number of rotatable bonds is 12. The minimum atomic E-state index is -4.16. The largest absolute Gasteiger partial charge is 0.463 e. The number of hydrogen-bond acceptors (Lipinski definition) is 8. The maximum absolute atomic E-state index is 13.1. The van der Waals surface area contributed by atoms with Crippen molar-refractivity contribution in [2.75, 3.05) is 16.6 Å². The van der Waals surface area contributed by atoms with Crippen molar-refractivity contribution in [1.29, 1.82) is 0 Å². The summed E-state index contributed by atoms with van der Waals surface area (Å²) in [4.78, 5) is 11.5. The molecule has 1 aromatic heterocycles. The van der Waals surface area contributed by atoms with Crippen molar-refractivity contribution >= 4 is 37.4 Å². The summed E-state index contributed by atoms with van der Waals surface area (Å²) in [6.45, 7) is 2.69. The summed E-state index contributed by atoms with van der Waals surface area (Å²) < 4.78 is 66.0. The van der Waals surface area contributed by atoms with E-state index in [9.17, 15) is 21.6 Å². The van der Waals surface area contributed by atoms with Gasteiger partial charge in [0.05, 0.1) is 17.7 Å². The fraction of sp³-hybridized carbons (Fsp3) is 0.393. The summed E-state index contributed by atoms with van der Waals surface area (Å²) in [6.07, 6.45) is 7.60. The van der Waals surface area contributed by atoms with Gasteiger partial charge in [0, 0.05) is 18.3 Å². The smallest absolute Gasteiger partial charge is 0.374 e. The molecule has 1 aliphatic rings. The zero-order valence-electron chi connectivity index (χ0n) is 22.6. The highest BCUT2D eigenvalue weighted by Gasteiger charge is 2.23. The first kappa shape index (κ1) is 29.6. The van der Waals surface area contributed by atoms with E-state index in [0.717, 1.165) is 31.1 Å². The lowest BCUT2D eigenvalue weighted by atomic mass is 9.85. The summed E-state index contributed by atoms with van der Waals surface area (Å²) in [5, 5.41) is 3.05. The molecule has 10 nitrogen and oxygen atoms in total. The van der Waals surface area contributed by atoms with Crippen LogP contribution in [0.1, 0.15) is 61.6 Å². The van der Waals surface area contributed by atoms with Crippen molar-refractivity contribution in [2.24, 2.45) is 5.92 Å². The normalized spacial score (nSPS) is 15.3. The van der Waals surface area contributed by atoms with Gasteiger partial charge < -0.3 is 14.5 Å². The molecule has 216 valence electrons. The van der Waals surface area contributed by atoms with Crippen LogP contribution in [-0.4, -0.2) is 36.0 Å².